The molecule has 1 amide bonds. The van der Waals surface area contributed by atoms with Crippen LogP contribution in [0.3, 0.4) is 0 Å². The number of nitrogens with one attached hydrogen (secondary N) is 1. The molecule has 2 heterocycles. The lowest BCUT2D eigenvalue weighted by molar-refractivity contribution is -0.380. The summed E-state index contributed by atoms with van der Waals surface area (Å²) in [4.78, 5) is 27.6. The summed E-state index contributed by atoms with van der Waals surface area (Å²) in [5.74, 6) is -0.315. The second-order valence-corrected chi connectivity index (χ2v) is 9.80. The van der Waals surface area contributed by atoms with Crippen molar-refractivity contribution in [3.8, 4) is 22.1 Å². The first kappa shape index (κ1) is 23.0. The van der Waals surface area contributed by atoms with Gasteiger partial charge < -0.3 is 4.74 Å². The molecule has 11 heteroatoms. The molecule has 4 rings (SSSR count). The average Bonchev–Trinajstić information content (AvgIpc) is 3.40. The number of ether oxygens (including phenoxy) is 1. The number of aromatic nitrogens is 1. The van der Waals surface area contributed by atoms with Gasteiger partial charge in [0.25, 0.3) is 5.91 Å². The highest BCUT2D eigenvalue weighted by atomic mass is 79.9. The van der Waals surface area contributed by atoms with E-state index in [0.717, 1.165) is 38.3 Å². The van der Waals surface area contributed by atoms with E-state index >= 15 is 0 Å². The summed E-state index contributed by atoms with van der Waals surface area (Å²) in [6, 6.07) is 12.2. The zero-order valence-corrected chi connectivity index (χ0v) is 20.4. The quantitative estimate of drug-likeness (QED) is 0.201. The number of anilines is 1. The van der Waals surface area contributed by atoms with Crippen LogP contribution in [0.5, 0.6) is 10.8 Å². The first-order valence-corrected chi connectivity index (χ1v) is 11.9. The van der Waals surface area contributed by atoms with Crippen LogP contribution in [0.2, 0.25) is 0 Å². The van der Waals surface area contributed by atoms with Crippen molar-refractivity contribution in [1.29, 1.82) is 0 Å². The maximum atomic E-state index is 13.4. The van der Waals surface area contributed by atoms with Crippen molar-refractivity contribution in [3.05, 3.63) is 84.9 Å². The van der Waals surface area contributed by atoms with Crippen LogP contribution in [-0.2, 0) is 0 Å². The molecule has 4 aromatic rings. The van der Waals surface area contributed by atoms with Crippen LogP contribution in [0.4, 0.5) is 14.5 Å². The fourth-order valence-corrected chi connectivity index (χ4v) is 4.80. The second-order valence-electron chi connectivity index (χ2n) is 6.98. The van der Waals surface area contributed by atoms with Crippen molar-refractivity contribution in [1.82, 2.24) is 4.98 Å². The molecule has 0 spiro atoms. The number of thiophene rings is 1. The molecular weight excluding hydrogens is 533 g/mol. The Hall–Kier alpha value is -3.15. The topological polar surface area (TPSA) is 94.4 Å². The van der Waals surface area contributed by atoms with Gasteiger partial charge in [-0.05, 0) is 67.4 Å². The summed E-state index contributed by atoms with van der Waals surface area (Å²) in [7, 11) is 0. The Kier molecular flexibility index (Phi) is 6.54. The Morgan fingerprint density at radius 1 is 1.12 bits per heavy atom. The molecule has 0 fully saturated rings. The van der Waals surface area contributed by atoms with E-state index in [0.29, 0.717) is 22.1 Å². The van der Waals surface area contributed by atoms with Gasteiger partial charge in [0.1, 0.15) is 17.3 Å². The lowest BCUT2D eigenvalue weighted by Crippen LogP contribution is -2.09. The molecule has 0 aliphatic rings. The molecule has 33 heavy (non-hydrogen) atoms. The van der Waals surface area contributed by atoms with Gasteiger partial charge in [-0.3, -0.25) is 20.2 Å². The number of thiazole rings is 1. The van der Waals surface area contributed by atoms with Crippen molar-refractivity contribution in [3.63, 3.8) is 0 Å². The van der Waals surface area contributed by atoms with Crippen LogP contribution < -0.4 is 10.1 Å². The summed E-state index contributed by atoms with van der Waals surface area (Å²) in [5, 5.41) is 14.1. The molecule has 0 bridgehead atoms. The predicted octanol–water partition coefficient (Wildman–Crippen LogP) is 7.34. The fraction of sp³-hybridized carbons (Fsp3) is 0.0909. The minimum absolute atomic E-state index is 0.128. The lowest BCUT2D eigenvalue weighted by Gasteiger charge is -2.09. The van der Waals surface area contributed by atoms with Gasteiger partial charge in [-0.15, -0.1) is 0 Å². The second kappa shape index (κ2) is 9.38. The summed E-state index contributed by atoms with van der Waals surface area (Å²) in [6.07, 6.45) is 0. The molecule has 1 N–H and O–H groups in total. The molecule has 0 unspecified atom stereocenters. The van der Waals surface area contributed by atoms with Crippen molar-refractivity contribution in [2.75, 3.05) is 5.32 Å². The Balaban J connectivity index is 1.68. The zero-order valence-electron chi connectivity index (χ0n) is 17.2. The number of carbonyl (C=O) groups excluding carboxylic acids is 1. The van der Waals surface area contributed by atoms with Crippen molar-refractivity contribution in [2.45, 2.75) is 13.8 Å². The molecule has 0 saturated heterocycles. The summed E-state index contributed by atoms with van der Waals surface area (Å²) >= 11 is 5.41. The Labute approximate surface area is 204 Å². The normalized spacial score (nSPS) is 10.8. The van der Waals surface area contributed by atoms with Crippen LogP contribution in [0.15, 0.2) is 53.0 Å². The summed E-state index contributed by atoms with van der Waals surface area (Å²) in [5.41, 5.74) is 3.03. The summed E-state index contributed by atoms with van der Waals surface area (Å²) < 4.78 is 20.5. The van der Waals surface area contributed by atoms with Gasteiger partial charge in [0.05, 0.1) is 9.80 Å². The molecule has 2 aromatic carbocycles. The fourth-order valence-electron chi connectivity index (χ4n) is 3.00. The van der Waals surface area contributed by atoms with Gasteiger partial charge >= 0.3 is 5.00 Å². The number of carbonyl (C=O) groups is 1. The minimum Gasteiger partial charge on any atom is -0.444 e. The van der Waals surface area contributed by atoms with Crippen LogP contribution >= 0.6 is 38.6 Å². The highest BCUT2D eigenvalue weighted by molar-refractivity contribution is 9.10. The van der Waals surface area contributed by atoms with Gasteiger partial charge in [-0.25, -0.2) is 9.37 Å². The van der Waals surface area contributed by atoms with Gasteiger partial charge in [-0.1, -0.05) is 38.6 Å². The van der Waals surface area contributed by atoms with Crippen LogP contribution in [-0.4, -0.2) is 15.8 Å². The lowest BCUT2D eigenvalue weighted by atomic mass is 10.1. The predicted molar refractivity (Wildman–Crippen MR) is 130 cm³/mol. The van der Waals surface area contributed by atoms with E-state index in [1.54, 1.807) is 12.1 Å². The monoisotopic (exact) mass is 547 g/mol. The molecule has 168 valence electrons. The summed E-state index contributed by atoms with van der Waals surface area (Å²) in [6.45, 7) is 3.90. The van der Waals surface area contributed by atoms with E-state index in [4.69, 9.17) is 4.74 Å². The molecule has 0 atom stereocenters. The molecular formula is C22H15BrFN3O4S2. The molecule has 0 aliphatic heterocycles. The Morgan fingerprint density at radius 2 is 1.79 bits per heavy atom. The van der Waals surface area contributed by atoms with Crippen molar-refractivity contribution >= 4 is 54.6 Å². The SMILES string of the molecule is Cc1cc(Oc2sc(NC(=O)c3ccc([N+](=O)[O-])s3)nc2-c2ccc(F)cc2)cc(C)c1Br. The number of halogens is 2. The largest absolute Gasteiger partial charge is 0.444 e. The Morgan fingerprint density at radius 3 is 2.39 bits per heavy atom. The van der Waals surface area contributed by atoms with Gasteiger partial charge in [-0.2, -0.15) is 0 Å². The highest BCUT2D eigenvalue weighted by Crippen LogP contribution is 2.42. The Bertz CT molecular complexity index is 1350. The maximum Gasteiger partial charge on any atom is 0.324 e. The molecule has 0 radical (unpaired) electrons. The van der Waals surface area contributed by atoms with E-state index in [2.05, 4.69) is 26.2 Å². The third kappa shape index (κ3) is 5.10. The first-order chi connectivity index (χ1) is 15.7. The zero-order chi connectivity index (χ0) is 23.7. The van der Waals surface area contributed by atoms with Crippen molar-refractivity contribution in [2.24, 2.45) is 0 Å². The third-order valence-electron chi connectivity index (χ3n) is 4.55. The van der Waals surface area contributed by atoms with E-state index in [-0.39, 0.29) is 20.8 Å². The molecule has 0 saturated carbocycles. The van der Waals surface area contributed by atoms with Crippen LogP contribution in [0.25, 0.3) is 11.3 Å². The maximum absolute atomic E-state index is 13.4. The molecule has 0 aliphatic carbocycles. The van der Waals surface area contributed by atoms with Crippen molar-refractivity contribution < 1.29 is 18.8 Å². The van der Waals surface area contributed by atoms with E-state index in [1.165, 1.54) is 24.3 Å². The minimum atomic E-state index is -0.550. The number of benzene rings is 2. The number of hydrogen-bond acceptors (Lipinski definition) is 7. The third-order valence-corrected chi connectivity index (χ3v) is 7.69. The van der Waals surface area contributed by atoms with Crippen LogP contribution in [0, 0.1) is 29.8 Å². The van der Waals surface area contributed by atoms with E-state index in [9.17, 15) is 19.3 Å². The number of amides is 1. The average molecular weight is 548 g/mol. The van der Waals surface area contributed by atoms with Crippen LogP contribution in [0.1, 0.15) is 20.8 Å². The molecule has 7 nitrogen and oxygen atoms in total. The highest BCUT2D eigenvalue weighted by Gasteiger charge is 2.20. The van der Waals surface area contributed by atoms with Gasteiger partial charge in [0.2, 0.25) is 5.06 Å². The van der Waals surface area contributed by atoms with E-state index < -0.39 is 10.8 Å². The standard InChI is InChI=1S/C22H15BrFN3O4S2/c1-11-9-15(10-12(2)18(11)23)31-21-19(13-3-5-14(24)6-4-13)25-22(33-21)26-20(28)16-7-8-17(32-16)27(29)30/h3-10H,1-2H3,(H,25,26,28). The number of rotatable bonds is 6. The number of hydrogen-bond donors (Lipinski definition) is 1. The van der Waals surface area contributed by atoms with Gasteiger partial charge in [0.15, 0.2) is 5.13 Å². The van der Waals surface area contributed by atoms with E-state index in [1.807, 2.05) is 26.0 Å². The number of nitrogens with zero attached hydrogens (tertiary/aromatic N) is 2. The van der Waals surface area contributed by atoms with Gasteiger partial charge in [0, 0.05) is 16.1 Å². The number of aryl methyl sites for hydroxylation is 2. The smallest absolute Gasteiger partial charge is 0.324 e. The molecule has 2 aromatic heterocycles. The first-order valence-electron chi connectivity index (χ1n) is 9.48. The number of nitro groups is 1.